The fourth-order valence-corrected chi connectivity index (χ4v) is 11.2. The molecule has 0 bridgehead atoms. The Bertz CT molecular complexity index is 1780. The number of likely N-dealkylation sites (tertiary alicyclic amines) is 1. The van der Waals surface area contributed by atoms with E-state index in [2.05, 4.69) is 11.9 Å². The highest BCUT2D eigenvalue weighted by atomic mass is 31.2. The number of rotatable bonds is 14. The number of amides is 2. The van der Waals surface area contributed by atoms with E-state index in [-0.39, 0.29) is 24.7 Å². The summed E-state index contributed by atoms with van der Waals surface area (Å²) in [5.74, 6) is -1.68. The summed E-state index contributed by atoms with van der Waals surface area (Å²) in [5, 5.41) is 5.54. The number of benzene rings is 4. The number of carbonyl (C=O) groups excluding carboxylic acids is 3. The Hall–Kier alpha value is -4.95. The largest absolute Gasteiger partial charge is 0.484 e. The minimum Gasteiger partial charge on any atom is -0.484 e. The van der Waals surface area contributed by atoms with Crippen LogP contribution in [0.1, 0.15) is 26.7 Å². The van der Waals surface area contributed by atoms with E-state index in [0.29, 0.717) is 25.2 Å². The second kappa shape index (κ2) is 15.9. The van der Waals surface area contributed by atoms with Gasteiger partial charge >= 0.3 is 5.97 Å². The summed E-state index contributed by atoms with van der Waals surface area (Å²) >= 11 is 0. The topological polar surface area (TPSA) is 103 Å². The van der Waals surface area contributed by atoms with Gasteiger partial charge in [-0.2, -0.15) is 0 Å². The number of nitrogens with one attached hydrogen (secondary N) is 1. The number of carbonyl (C=O) groups is 3. The van der Waals surface area contributed by atoms with Crippen LogP contribution < -0.4 is 26.0 Å². The highest BCUT2D eigenvalue weighted by Gasteiger charge is 2.54. The first kappa shape index (κ1) is 35.9. The average molecular weight is 707 g/mol. The van der Waals surface area contributed by atoms with Crippen molar-refractivity contribution in [2.45, 2.75) is 50.7 Å². The quantitative estimate of drug-likeness (QED) is 0.0889. The van der Waals surface area contributed by atoms with Gasteiger partial charge in [-0.15, -0.1) is 0 Å². The van der Waals surface area contributed by atoms with Gasteiger partial charge in [0.25, 0.3) is 11.8 Å². The Balaban J connectivity index is 1.51. The predicted molar refractivity (Wildman–Crippen MR) is 200 cm³/mol. The third-order valence-corrected chi connectivity index (χ3v) is 13.2. The van der Waals surface area contributed by atoms with Crippen LogP contribution in [0.15, 0.2) is 134 Å². The summed E-state index contributed by atoms with van der Waals surface area (Å²) in [6.45, 7) is 4.44. The maximum absolute atomic E-state index is 14.7. The van der Waals surface area contributed by atoms with Gasteiger partial charge in [-0.1, -0.05) is 122 Å². The van der Waals surface area contributed by atoms with Gasteiger partial charge in [0.2, 0.25) is 0 Å². The molecule has 2 heterocycles. The molecule has 0 aliphatic carbocycles. The SMILES string of the molecule is C=CCOC(=O)C(N1C(=O)[C@@H](NC(=O)COc2ccccc2)[C@H]1CCC1COC(C)(C)O1)=P(c1ccccc1)(c1ccccc1)c1ccccc1. The first-order valence-electron chi connectivity index (χ1n) is 17.1. The van der Waals surface area contributed by atoms with E-state index in [1.54, 1.807) is 17.0 Å². The minimum atomic E-state index is -3.12. The van der Waals surface area contributed by atoms with E-state index in [0.717, 1.165) is 15.9 Å². The van der Waals surface area contributed by atoms with Gasteiger partial charge < -0.3 is 24.3 Å². The Kier molecular flexibility index (Phi) is 11.2. The molecule has 0 spiro atoms. The first-order valence-corrected chi connectivity index (χ1v) is 18.9. The molecule has 2 fully saturated rings. The highest BCUT2D eigenvalue weighted by molar-refractivity contribution is 7.96. The van der Waals surface area contributed by atoms with Crippen LogP contribution in [0.3, 0.4) is 0 Å². The maximum Gasteiger partial charge on any atom is 0.356 e. The molecule has 2 amide bonds. The van der Waals surface area contributed by atoms with Crippen LogP contribution in [0.2, 0.25) is 0 Å². The predicted octanol–water partition coefficient (Wildman–Crippen LogP) is 4.55. The lowest BCUT2D eigenvalue weighted by atomic mass is 9.89. The van der Waals surface area contributed by atoms with E-state index in [1.165, 1.54) is 6.08 Å². The molecule has 2 aliphatic heterocycles. The molecule has 2 saturated heterocycles. The van der Waals surface area contributed by atoms with Crippen molar-refractivity contribution in [3.05, 3.63) is 134 Å². The number of para-hydroxylation sites is 1. The molecule has 4 aromatic rings. The fourth-order valence-electron chi connectivity index (χ4n) is 6.77. The molecule has 0 aromatic heterocycles. The zero-order valence-electron chi connectivity index (χ0n) is 28.9. The van der Waals surface area contributed by atoms with E-state index >= 15 is 0 Å². The molecule has 6 rings (SSSR count). The van der Waals surface area contributed by atoms with E-state index in [4.69, 9.17) is 18.9 Å². The summed E-state index contributed by atoms with van der Waals surface area (Å²) in [6, 6.07) is 36.9. The van der Waals surface area contributed by atoms with Gasteiger partial charge in [0.05, 0.1) is 18.8 Å². The molecule has 4 aromatic carbocycles. The summed E-state index contributed by atoms with van der Waals surface area (Å²) in [6.07, 6.45) is 2.21. The Morgan fingerprint density at radius 3 is 1.88 bits per heavy atom. The summed E-state index contributed by atoms with van der Waals surface area (Å²) in [4.78, 5) is 44.2. The van der Waals surface area contributed by atoms with Gasteiger partial charge in [0, 0.05) is 6.89 Å². The number of esters is 1. The van der Waals surface area contributed by atoms with Crippen molar-refractivity contribution in [1.29, 1.82) is 0 Å². The molecule has 1 N–H and O–H groups in total. The summed E-state index contributed by atoms with van der Waals surface area (Å²) in [7, 11) is 0. The van der Waals surface area contributed by atoms with Crippen molar-refractivity contribution in [3.8, 4) is 5.75 Å². The standard InChI is InChI=1S/C41H43N2O7P/c1-4-27-47-40(46)39(51(32-19-11-6-12-20-32,33-21-13-7-14-22-33)34-23-15-8-16-24-34)43-35(26-25-31-28-49-41(2,3)50-31)37(38(43)45)42-36(44)29-48-30-17-9-5-10-18-30/h4-24,31,35,37H,1,25-29H2,2-3H3,(H,42,44)/t31?,35-,37+/m1/s1. The number of hydrogen-bond acceptors (Lipinski definition) is 7. The normalized spacial score (nSPS) is 19.5. The number of nitrogens with zero attached hydrogens (tertiary/aromatic N) is 1. The summed E-state index contributed by atoms with van der Waals surface area (Å²) in [5.41, 5.74) is 0.234. The molecular formula is C41H43N2O7P. The minimum absolute atomic E-state index is 0.0489. The third-order valence-electron chi connectivity index (χ3n) is 8.99. The fraction of sp³-hybridized carbons (Fsp3) is 0.268. The lowest BCUT2D eigenvalue weighted by Gasteiger charge is -2.50. The van der Waals surface area contributed by atoms with Crippen molar-refractivity contribution in [3.63, 3.8) is 0 Å². The molecule has 2 aliphatic rings. The Labute approximate surface area is 299 Å². The van der Waals surface area contributed by atoms with Crippen LogP contribution >= 0.6 is 6.89 Å². The molecular weight excluding hydrogens is 663 g/mol. The van der Waals surface area contributed by atoms with Crippen LogP contribution in [0, 0.1) is 0 Å². The van der Waals surface area contributed by atoms with Crippen molar-refractivity contribution >= 4 is 46.0 Å². The van der Waals surface area contributed by atoms with Crippen LogP contribution in [0.4, 0.5) is 0 Å². The molecule has 3 atom stereocenters. The maximum atomic E-state index is 14.7. The zero-order valence-corrected chi connectivity index (χ0v) is 29.7. The molecule has 9 nitrogen and oxygen atoms in total. The average Bonchev–Trinajstić information content (AvgIpc) is 3.52. The van der Waals surface area contributed by atoms with Crippen LogP contribution in [-0.4, -0.2) is 71.9 Å². The van der Waals surface area contributed by atoms with Gasteiger partial charge in [-0.25, -0.2) is 4.79 Å². The molecule has 1 unspecified atom stereocenters. The smallest absolute Gasteiger partial charge is 0.356 e. The first-order chi connectivity index (χ1) is 24.7. The number of ether oxygens (including phenoxy) is 4. The van der Waals surface area contributed by atoms with Gasteiger partial charge in [0.15, 0.2) is 12.4 Å². The van der Waals surface area contributed by atoms with Crippen molar-refractivity contribution in [1.82, 2.24) is 10.2 Å². The number of hydrogen-bond donors (Lipinski definition) is 1. The van der Waals surface area contributed by atoms with Crippen molar-refractivity contribution in [2.75, 3.05) is 19.8 Å². The molecule has 10 heteroatoms. The number of β-lactam (4-membered cyclic amide) rings is 1. The summed E-state index contributed by atoms with van der Waals surface area (Å²) < 4.78 is 23.5. The molecule has 264 valence electrons. The van der Waals surface area contributed by atoms with Crippen LogP contribution in [0.25, 0.3) is 0 Å². The third kappa shape index (κ3) is 7.71. The Morgan fingerprint density at radius 2 is 1.39 bits per heavy atom. The van der Waals surface area contributed by atoms with Gasteiger partial charge in [-0.05, 0) is 54.7 Å². The lowest BCUT2D eigenvalue weighted by molar-refractivity contribution is -0.151. The lowest BCUT2D eigenvalue weighted by Crippen LogP contribution is -2.73. The van der Waals surface area contributed by atoms with Crippen molar-refractivity contribution in [2.24, 2.45) is 0 Å². The van der Waals surface area contributed by atoms with Crippen LogP contribution in [-0.2, 0) is 28.6 Å². The van der Waals surface area contributed by atoms with E-state index in [1.807, 2.05) is 123 Å². The van der Waals surface area contributed by atoms with Gasteiger partial charge in [0.1, 0.15) is 23.8 Å². The van der Waals surface area contributed by atoms with Crippen LogP contribution in [0.5, 0.6) is 5.75 Å². The molecule has 51 heavy (non-hydrogen) atoms. The van der Waals surface area contributed by atoms with E-state index in [9.17, 15) is 14.4 Å². The van der Waals surface area contributed by atoms with E-state index < -0.39 is 42.5 Å². The van der Waals surface area contributed by atoms with Crippen molar-refractivity contribution < 1.29 is 33.3 Å². The van der Waals surface area contributed by atoms with Gasteiger partial charge in [-0.3, -0.25) is 14.5 Å². The highest BCUT2D eigenvalue weighted by Crippen LogP contribution is 2.49. The molecule has 0 saturated carbocycles. The Morgan fingerprint density at radius 1 is 0.863 bits per heavy atom. The zero-order chi connectivity index (χ0) is 35.8. The monoisotopic (exact) mass is 706 g/mol. The second-order valence-electron chi connectivity index (χ2n) is 12.8. The molecule has 0 radical (unpaired) electrons. The second-order valence-corrected chi connectivity index (χ2v) is 16.2.